The first-order chi connectivity index (χ1) is 7.95. The number of carbonyl (C=O) groups excluding carboxylic acids is 1. The molecule has 1 nitrogen and oxygen atoms in total. The maximum Gasteiger partial charge on any atom is 0.132 e. The fraction of sp³-hybridized carbons (Fsp3) is 0.938. The summed E-state index contributed by atoms with van der Waals surface area (Å²) in [6.45, 7) is 8.85. The van der Waals surface area contributed by atoms with Gasteiger partial charge in [0, 0.05) is 12.8 Å². The maximum absolute atomic E-state index is 11.6. The highest BCUT2D eigenvalue weighted by atomic mass is 16.1. The Bertz CT molecular complexity index is 188. The Morgan fingerprint density at radius 1 is 0.824 bits per heavy atom. The van der Waals surface area contributed by atoms with E-state index in [9.17, 15) is 4.79 Å². The van der Waals surface area contributed by atoms with Crippen LogP contribution in [0.5, 0.6) is 0 Å². The molecule has 0 amide bonds. The van der Waals surface area contributed by atoms with E-state index in [4.69, 9.17) is 0 Å². The van der Waals surface area contributed by atoms with Crippen molar-refractivity contribution in [2.45, 2.75) is 91.9 Å². The summed E-state index contributed by atoms with van der Waals surface area (Å²) in [5, 5.41) is 0. The monoisotopic (exact) mass is 240 g/mol. The molecule has 0 heterocycles. The molecule has 17 heavy (non-hydrogen) atoms. The summed E-state index contributed by atoms with van der Waals surface area (Å²) in [6.07, 6.45) is 11.7. The third kappa shape index (κ3) is 13.6. The minimum absolute atomic E-state index is 0.301. The van der Waals surface area contributed by atoms with E-state index in [1.54, 1.807) is 0 Å². The van der Waals surface area contributed by atoms with Crippen molar-refractivity contribution < 1.29 is 4.79 Å². The van der Waals surface area contributed by atoms with Crippen LogP contribution >= 0.6 is 0 Å². The molecular weight excluding hydrogens is 208 g/mol. The molecule has 0 unspecified atom stereocenters. The van der Waals surface area contributed by atoms with Gasteiger partial charge in [-0.3, -0.25) is 4.79 Å². The van der Waals surface area contributed by atoms with E-state index in [2.05, 4.69) is 27.7 Å². The third-order valence-electron chi connectivity index (χ3n) is 3.21. The van der Waals surface area contributed by atoms with Gasteiger partial charge in [-0.1, -0.05) is 66.2 Å². The summed E-state index contributed by atoms with van der Waals surface area (Å²) in [5.41, 5.74) is 0.301. The number of ketones is 1. The van der Waals surface area contributed by atoms with Crippen LogP contribution in [0.3, 0.4) is 0 Å². The summed E-state index contributed by atoms with van der Waals surface area (Å²) in [4.78, 5) is 11.6. The van der Waals surface area contributed by atoms with Gasteiger partial charge in [0.15, 0.2) is 0 Å². The third-order valence-corrected chi connectivity index (χ3v) is 3.21. The number of rotatable bonds is 10. The van der Waals surface area contributed by atoms with Gasteiger partial charge in [0.2, 0.25) is 0 Å². The molecule has 0 atom stereocenters. The number of hydrogen-bond donors (Lipinski definition) is 0. The van der Waals surface area contributed by atoms with E-state index < -0.39 is 0 Å². The molecule has 0 aliphatic carbocycles. The van der Waals surface area contributed by atoms with E-state index in [1.807, 2.05) is 0 Å². The second kappa shape index (κ2) is 9.67. The van der Waals surface area contributed by atoms with Crippen LogP contribution in [-0.2, 0) is 4.79 Å². The van der Waals surface area contributed by atoms with Crippen LogP contribution in [0.25, 0.3) is 0 Å². The van der Waals surface area contributed by atoms with Gasteiger partial charge in [0.05, 0.1) is 0 Å². The predicted molar refractivity (Wildman–Crippen MR) is 76.3 cm³/mol. The molecule has 0 N–H and O–H groups in total. The van der Waals surface area contributed by atoms with E-state index in [1.165, 1.54) is 38.5 Å². The number of carbonyl (C=O) groups is 1. The largest absolute Gasteiger partial charge is 0.300 e. The van der Waals surface area contributed by atoms with Gasteiger partial charge in [0.1, 0.15) is 5.78 Å². The topological polar surface area (TPSA) is 17.1 Å². The summed E-state index contributed by atoms with van der Waals surface area (Å²) < 4.78 is 0. The van der Waals surface area contributed by atoms with Gasteiger partial charge < -0.3 is 0 Å². The molecule has 0 radical (unpaired) electrons. The highest BCUT2D eigenvalue weighted by Crippen LogP contribution is 2.21. The van der Waals surface area contributed by atoms with Crippen molar-refractivity contribution in [3.05, 3.63) is 0 Å². The first kappa shape index (κ1) is 16.7. The van der Waals surface area contributed by atoms with Crippen molar-refractivity contribution in [3.63, 3.8) is 0 Å². The Labute approximate surface area is 108 Å². The zero-order valence-electron chi connectivity index (χ0n) is 12.5. The molecule has 0 aromatic rings. The Hall–Kier alpha value is -0.330. The van der Waals surface area contributed by atoms with Crippen molar-refractivity contribution in [3.8, 4) is 0 Å². The Balaban J connectivity index is 3.28. The first-order valence-corrected chi connectivity index (χ1v) is 7.47. The molecule has 0 spiro atoms. The van der Waals surface area contributed by atoms with Crippen LogP contribution < -0.4 is 0 Å². The molecule has 0 aromatic carbocycles. The lowest BCUT2D eigenvalue weighted by Gasteiger charge is -2.16. The lowest BCUT2D eigenvalue weighted by Crippen LogP contribution is -2.08. The second-order valence-electron chi connectivity index (χ2n) is 6.47. The summed E-state index contributed by atoms with van der Waals surface area (Å²) >= 11 is 0. The van der Waals surface area contributed by atoms with E-state index >= 15 is 0 Å². The van der Waals surface area contributed by atoms with Gasteiger partial charge in [-0.25, -0.2) is 0 Å². The van der Waals surface area contributed by atoms with E-state index in [-0.39, 0.29) is 0 Å². The summed E-state index contributed by atoms with van der Waals surface area (Å²) in [6, 6.07) is 0. The highest BCUT2D eigenvalue weighted by Gasteiger charge is 2.12. The molecular formula is C16H32O. The Morgan fingerprint density at radius 3 is 1.88 bits per heavy atom. The van der Waals surface area contributed by atoms with Crippen LogP contribution in [0.2, 0.25) is 0 Å². The fourth-order valence-corrected chi connectivity index (χ4v) is 1.92. The van der Waals surface area contributed by atoms with Crippen molar-refractivity contribution in [1.29, 1.82) is 0 Å². The lowest BCUT2D eigenvalue weighted by atomic mass is 9.89. The normalized spacial score (nSPS) is 11.8. The molecule has 0 rings (SSSR count). The highest BCUT2D eigenvalue weighted by molar-refractivity contribution is 5.78. The second-order valence-corrected chi connectivity index (χ2v) is 6.47. The minimum atomic E-state index is 0.301. The van der Waals surface area contributed by atoms with Crippen molar-refractivity contribution in [2.24, 2.45) is 5.41 Å². The van der Waals surface area contributed by atoms with Crippen molar-refractivity contribution in [2.75, 3.05) is 0 Å². The molecule has 0 saturated carbocycles. The average Bonchev–Trinajstić information content (AvgIpc) is 2.24. The molecule has 0 aromatic heterocycles. The zero-order chi connectivity index (χ0) is 13.1. The fourth-order valence-electron chi connectivity index (χ4n) is 1.92. The smallest absolute Gasteiger partial charge is 0.132 e. The molecule has 1 heteroatoms. The van der Waals surface area contributed by atoms with Gasteiger partial charge in [-0.2, -0.15) is 0 Å². The minimum Gasteiger partial charge on any atom is -0.300 e. The van der Waals surface area contributed by atoms with Crippen LogP contribution in [-0.4, -0.2) is 5.78 Å². The molecule has 0 saturated heterocycles. The quantitative estimate of drug-likeness (QED) is 0.459. The first-order valence-electron chi connectivity index (χ1n) is 7.47. The SMILES string of the molecule is CCCCCCCCCC(=O)CCC(C)(C)C. The van der Waals surface area contributed by atoms with E-state index in [0.717, 1.165) is 25.7 Å². The molecule has 0 bridgehead atoms. The van der Waals surface area contributed by atoms with Crippen molar-refractivity contribution in [1.82, 2.24) is 0 Å². The summed E-state index contributed by atoms with van der Waals surface area (Å²) in [7, 11) is 0. The summed E-state index contributed by atoms with van der Waals surface area (Å²) in [5.74, 6) is 0.466. The number of hydrogen-bond acceptors (Lipinski definition) is 1. The number of Topliss-reactive ketones (excluding diaryl/α,β-unsaturated/α-hetero) is 1. The molecule has 0 fully saturated rings. The zero-order valence-corrected chi connectivity index (χ0v) is 12.5. The van der Waals surface area contributed by atoms with Crippen LogP contribution in [0, 0.1) is 5.41 Å². The van der Waals surface area contributed by atoms with Crippen LogP contribution in [0.1, 0.15) is 91.9 Å². The van der Waals surface area contributed by atoms with Gasteiger partial charge in [-0.15, -0.1) is 0 Å². The van der Waals surface area contributed by atoms with Gasteiger partial charge in [-0.05, 0) is 18.3 Å². The van der Waals surface area contributed by atoms with E-state index in [0.29, 0.717) is 11.2 Å². The van der Waals surface area contributed by atoms with Gasteiger partial charge in [0.25, 0.3) is 0 Å². The average molecular weight is 240 g/mol. The number of unbranched alkanes of at least 4 members (excludes halogenated alkanes) is 6. The molecule has 0 aliphatic heterocycles. The van der Waals surface area contributed by atoms with Crippen LogP contribution in [0.4, 0.5) is 0 Å². The maximum atomic E-state index is 11.6. The Kier molecular flexibility index (Phi) is 9.49. The van der Waals surface area contributed by atoms with Crippen molar-refractivity contribution >= 4 is 5.78 Å². The van der Waals surface area contributed by atoms with Crippen LogP contribution in [0.15, 0.2) is 0 Å². The van der Waals surface area contributed by atoms with Gasteiger partial charge >= 0.3 is 0 Å². The molecule has 102 valence electrons. The lowest BCUT2D eigenvalue weighted by molar-refractivity contribution is -0.119. The standard InChI is InChI=1S/C16H32O/c1-5-6-7-8-9-10-11-12-15(17)13-14-16(2,3)4/h5-14H2,1-4H3. The Morgan fingerprint density at radius 2 is 1.35 bits per heavy atom. The molecule has 0 aliphatic rings. The predicted octanol–water partition coefficient (Wildman–Crippen LogP) is 5.52.